The zero-order valence-electron chi connectivity index (χ0n) is 8.94. The van der Waals surface area contributed by atoms with Crippen molar-refractivity contribution in [1.29, 1.82) is 0 Å². The van der Waals surface area contributed by atoms with Crippen LogP contribution in [0.1, 0.15) is 0 Å². The minimum absolute atomic E-state index is 0. The standard InChI is InChI=1S/3C5H5.Tm/c3*1-2-4-5-3-1;/h3*1-5H;. The van der Waals surface area contributed by atoms with E-state index in [0.29, 0.717) is 0 Å². The van der Waals surface area contributed by atoms with Crippen LogP contribution in [0.2, 0.25) is 0 Å². The van der Waals surface area contributed by atoms with Gasteiger partial charge in [0.2, 0.25) is 0 Å². The van der Waals surface area contributed by atoms with Gasteiger partial charge in [-0.25, -0.2) is 0 Å². The van der Waals surface area contributed by atoms with Crippen LogP contribution in [0.4, 0.5) is 0 Å². The molecule has 0 unspecified atom stereocenters. The zero-order valence-corrected chi connectivity index (χ0v) is 10.7. The van der Waals surface area contributed by atoms with Gasteiger partial charge in [0.05, 0.1) is 0 Å². The Morgan fingerprint density at radius 3 is 0.312 bits per heavy atom. The van der Waals surface area contributed by atoms with Crippen molar-refractivity contribution in [2.24, 2.45) is 0 Å². The predicted molar refractivity (Wildman–Crippen MR) is 64.5 cm³/mol. The van der Waals surface area contributed by atoms with Gasteiger partial charge in [0.1, 0.15) is 0 Å². The molecule has 0 aromatic heterocycles. The van der Waals surface area contributed by atoms with Gasteiger partial charge in [-0.15, -0.1) is 0 Å². The first-order valence-electron chi connectivity index (χ1n) is 5.00. The third kappa shape index (κ3) is 11.7. The molecule has 0 bridgehead atoms. The van der Waals surface area contributed by atoms with Crippen molar-refractivity contribution in [2.45, 2.75) is 0 Å². The predicted octanol–water partition coefficient (Wildman–Crippen LogP) is 3.06. The molecule has 0 aromatic rings. The summed E-state index contributed by atoms with van der Waals surface area (Å²) in [4.78, 5) is 0. The second-order valence-electron chi connectivity index (χ2n) is 2.89. The molecule has 0 amide bonds. The van der Waals surface area contributed by atoms with Crippen molar-refractivity contribution in [3.63, 3.8) is 0 Å². The molecule has 3 fully saturated rings. The molecule has 0 saturated heterocycles. The van der Waals surface area contributed by atoms with E-state index >= 15 is 0 Å². The smallest absolute Gasteiger partial charge is 0 e. The molecule has 3 aliphatic rings. The van der Waals surface area contributed by atoms with E-state index in [1.54, 1.807) is 0 Å². The fourth-order valence-corrected chi connectivity index (χ4v) is 0.962. The molecule has 3 aliphatic carbocycles. The monoisotopic (exact) mass is 364 g/mol. The molecule has 0 N–H and O–H groups in total. The minimum Gasteiger partial charge on any atom is -0.0312 e. The van der Waals surface area contributed by atoms with Crippen molar-refractivity contribution < 1.29 is 36.9 Å². The summed E-state index contributed by atoms with van der Waals surface area (Å²) in [6, 6.07) is 0. The van der Waals surface area contributed by atoms with Crippen molar-refractivity contribution >= 4 is 0 Å². The Bertz CT molecular complexity index is 64.0. The van der Waals surface area contributed by atoms with E-state index in [4.69, 9.17) is 0 Å². The van der Waals surface area contributed by atoms with Crippen molar-refractivity contribution in [3.05, 3.63) is 96.3 Å². The SMILES string of the molecule is [CH]1[CH][CH][CH][CH]1.[CH]1[CH][CH][CH][CH]1.[CH]1[CH][CH][CH][CH]1.[Tm]. The first-order valence-corrected chi connectivity index (χ1v) is 5.00. The van der Waals surface area contributed by atoms with E-state index in [9.17, 15) is 0 Å². The van der Waals surface area contributed by atoms with Crippen LogP contribution in [0.15, 0.2) is 0 Å². The first kappa shape index (κ1) is 17.2. The fourth-order valence-electron chi connectivity index (χ4n) is 0.962. The van der Waals surface area contributed by atoms with E-state index in [-0.39, 0.29) is 36.9 Å². The van der Waals surface area contributed by atoms with Crippen LogP contribution >= 0.6 is 0 Å². The summed E-state index contributed by atoms with van der Waals surface area (Å²) in [5.41, 5.74) is 0. The first-order chi connectivity index (χ1) is 7.50. The van der Waals surface area contributed by atoms with Gasteiger partial charge in [-0.05, 0) is 96.3 Å². The number of rotatable bonds is 0. The molecule has 0 aromatic carbocycles. The van der Waals surface area contributed by atoms with E-state index in [0.717, 1.165) is 0 Å². The molecule has 16 heavy (non-hydrogen) atoms. The quantitative estimate of drug-likeness (QED) is 0.620. The molecule has 16 radical (unpaired) electrons. The summed E-state index contributed by atoms with van der Waals surface area (Å²) in [6.07, 6.45) is 30.0. The van der Waals surface area contributed by atoms with E-state index in [2.05, 4.69) is 0 Å². The Hall–Kier alpha value is 1.23. The van der Waals surface area contributed by atoms with Crippen LogP contribution in [-0.2, 0) is 0 Å². The topological polar surface area (TPSA) is 0 Å². The van der Waals surface area contributed by atoms with Crippen molar-refractivity contribution in [2.75, 3.05) is 0 Å². The summed E-state index contributed by atoms with van der Waals surface area (Å²) >= 11 is 0. The minimum atomic E-state index is 0. The van der Waals surface area contributed by atoms with Gasteiger partial charge in [0, 0.05) is 36.9 Å². The Labute approximate surface area is 132 Å². The Morgan fingerprint density at radius 2 is 0.250 bits per heavy atom. The van der Waals surface area contributed by atoms with E-state index in [1.165, 1.54) is 0 Å². The molecule has 1 heteroatoms. The molecule has 3 rings (SSSR count). The Kier molecular flexibility index (Phi) is 15.4. The van der Waals surface area contributed by atoms with Crippen LogP contribution in [0.5, 0.6) is 0 Å². The average molecular weight is 364 g/mol. The van der Waals surface area contributed by atoms with Crippen LogP contribution in [0.25, 0.3) is 0 Å². The zero-order chi connectivity index (χ0) is 10.6. The van der Waals surface area contributed by atoms with Crippen molar-refractivity contribution in [1.82, 2.24) is 0 Å². The molecule has 0 spiro atoms. The molecule has 88 valence electrons. The summed E-state index contributed by atoms with van der Waals surface area (Å²) < 4.78 is 0. The average Bonchev–Trinajstić information content (AvgIpc) is 3.09. The van der Waals surface area contributed by atoms with Crippen LogP contribution < -0.4 is 0 Å². The normalized spacial score (nSPS) is 22.5. The summed E-state index contributed by atoms with van der Waals surface area (Å²) in [5, 5.41) is 0. The van der Waals surface area contributed by atoms with Crippen LogP contribution in [0.3, 0.4) is 0 Å². The third-order valence-electron chi connectivity index (χ3n) is 1.67. The second-order valence-corrected chi connectivity index (χ2v) is 2.89. The largest absolute Gasteiger partial charge is 0.0312 e. The van der Waals surface area contributed by atoms with Gasteiger partial charge in [-0.3, -0.25) is 0 Å². The molecule has 3 saturated carbocycles. The Morgan fingerprint density at radius 1 is 0.188 bits per heavy atom. The third-order valence-corrected chi connectivity index (χ3v) is 1.67. The molecule has 0 atom stereocenters. The molecular formula is C15H15Tm. The number of hydrogen-bond acceptors (Lipinski definition) is 0. The van der Waals surface area contributed by atoms with Crippen LogP contribution in [-0.4, -0.2) is 0 Å². The van der Waals surface area contributed by atoms with E-state index < -0.39 is 0 Å². The van der Waals surface area contributed by atoms with E-state index in [1.807, 2.05) is 96.3 Å². The molecular weight excluding hydrogens is 349 g/mol. The van der Waals surface area contributed by atoms with Gasteiger partial charge in [0.15, 0.2) is 0 Å². The molecule has 0 heterocycles. The van der Waals surface area contributed by atoms with Gasteiger partial charge >= 0.3 is 0 Å². The van der Waals surface area contributed by atoms with Gasteiger partial charge < -0.3 is 0 Å². The van der Waals surface area contributed by atoms with Gasteiger partial charge in [-0.2, -0.15) is 0 Å². The van der Waals surface area contributed by atoms with Gasteiger partial charge in [0.25, 0.3) is 0 Å². The maximum atomic E-state index is 2.00. The summed E-state index contributed by atoms with van der Waals surface area (Å²) in [5.74, 6) is 0. The summed E-state index contributed by atoms with van der Waals surface area (Å²) in [6.45, 7) is 0. The van der Waals surface area contributed by atoms with Crippen molar-refractivity contribution in [3.8, 4) is 0 Å². The number of hydrogen-bond donors (Lipinski definition) is 0. The molecule has 0 aliphatic heterocycles. The maximum absolute atomic E-state index is 2.00. The maximum Gasteiger partial charge on any atom is 0 e. The Balaban J connectivity index is 0.000000205. The second kappa shape index (κ2) is 14.3. The van der Waals surface area contributed by atoms with Crippen LogP contribution in [0, 0.1) is 133 Å². The summed E-state index contributed by atoms with van der Waals surface area (Å²) in [7, 11) is 0. The fraction of sp³-hybridized carbons (Fsp3) is 0. The van der Waals surface area contributed by atoms with Gasteiger partial charge in [-0.1, -0.05) is 0 Å². The molecule has 0 nitrogen and oxygen atoms in total.